The smallest absolute Gasteiger partial charge is 0.0345 e. The molecular weight excluding hydrogens is 188 g/mol. The molecule has 0 fully saturated rings. The molecule has 76 valence electrons. The summed E-state index contributed by atoms with van der Waals surface area (Å²) in [5.74, 6) is 0.748. The number of hydrogen-bond donors (Lipinski definition) is 0. The van der Waals surface area contributed by atoms with Crippen molar-refractivity contribution in [3.8, 4) is 0 Å². The van der Waals surface area contributed by atoms with Crippen molar-refractivity contribution in [3.63, 3.8) is 0 Å². The topological polar surface area (TPSA) is 0 Å². The lowest BCUT2D eigenvalue weighted by atomic mass is 10.0. The Bertz CT molecular complexity index is 398. The van der Waals surface area contributed by atoms with Crippen LogP contribution in [0.3, 0.4) is 0 Å². The van der Waals surface area contributed by atoms with Crippen molar-refractivity contribution in [3.05, 3.63) is 35.2 Å². The molecule has 1 aromatic heterocycles. The summed E-state index contributed by atoms with van der Waals surface area (Å²) in [5.41, 5.74) is 1.51. The van der Waals surface area contributed by atoms with E-state index >= 15 is 0 Å². The van der Waals surface area contributed by atoms with E-state index in [-0.39, 0.29) is 7.43 Å². The SMILES string of the molecule is C.CC(C)Cc1csc2ccccc12. The summed E-state index contributed by atoms with van der Waals surface area (Å²) in [6.45, 7) is 4.54. The van der Waals surface area contributed by atoms with E-state index in [0.29, 0.717) is 0 Å². The van der Waals surface area contributed by atoms with Crippen molar-refractivity contribution in [2.75, 3.05) is 0 Å². The summed E-state index contributed by atoms with van der Waals surface area (Å²) in [6.07, 6.45) is 1.20. The summed E-state index contributed by atoms with van der Waals surface area (Å²) < 4.78 is 1.41. The largest absolute Gasteiger partial charge is 0.144 e. The Morgan fingerprint density at radius 1 is 1.21 bits per heavy atom. The standard InChI is InChI=1S/C12H14S.CH4/c1-9(2)7-10-8-13-12-6-4-3-5-11(10)12;/h3-6,8-9H,7H2,1-2H3;1H4. The lowest BCUT2D eigenvalue weighted by molar-refractivity contribution is 0.651. The Balaban J connectivity index is 0.000000980. The number of rotatable bonds is 2. The first kappa shape index (κ1) is 11.3. The minimum absolute atomic E-state index is 0. The summed E-state index contributed by atoms with van der Waals surface area (Å²) in [7, 11) is 0. The number of benzene rings is 1. The predicted molar refractivity (Wildman–Crippen MR) is 67.1 cm³/mol. The zero-order valence-electron chi connectivity index (χ0n) is 8.08. The van der Waals surface area contributed by atoms with E-state index in [0.717, 1.165) is 5.92 Å². The molecule has 0 unspecified atom stereocenters. The van der Waals surface area contributed by atoms with Crippen LogP contribution < -0.4 is 0 Å². The number of fused-ring (bicyclic) bond motifs is 1. The van der Waals surface area contributed by atoms with E-state index in [1.807, 2.05) is 11.3 Å². The monoisotopic (exact) mass is 206 g/mol. The highest BCUT2D eigenvalue weighted by atomic mass is 32.1. The minimum Gasteiger partial charge on any atom is -0.144 e. The Hall–Kier alpha value is -0.820. The molecule has 1 heteroatoms. The lowest BCUT2D eigenvalue weighted by Crippen LogP contribution is -1.91. The molecule has 0 aliphatic heterocycles. The highest BCUT2D eigenvalue weighted by Crippen LogP contribution is 2.27. The third kappa shape index (κ3) is 2.16. The Morgan fingerprint density at radius 2 is 1.93 bits per heavy atom. The summed E-state index contributed by atoms with van der Waals surface area (Å²) in [5, 5.41) is 3.74. The van der Waals surface area contributed by atoms with Crippen LogP contribution in [0.4, 0.5) is 0 Å². The predicted octanol–water partition coefficient (Wildman–Crippen LogP) is 4.74. The normalized spacial score (nSPS) is 10.5. The molecule has 0 bridgehead atoms. The van der Waals surface area contributed by atoms with Crippen LogP contribution in [-0.4, -0.2) is 0 Å². The van der Waals surface area contributed by atoms with Gasteiger partial charge in [0.05, 0.1) is 0 Å². The molecule has 0 N–H and O–H groups in total. The second-order valence-corrected chi connectivity index (χ2v) is 4.77. The van der Waals surface area contributed by atoms with Crippen LogP contribution in [0.15, 0.2) is 29.6 Å². The van der Waals surface area contributed by atoms with E-state index < -0.39 is 0 Å². The Morgan fingerprint density at radius 3 is 2.64 bits per heavy atom. The van der Waals surface area contributed by atoms with Crippen molar-refractivity contribution in [1.82, 2.24) is 0 Å². The molecule has 1 aromatic carbocycles. The van der Waals surface area contributed by atoms with Gasteiger partial charge in [0.15, 0.2) is 0 Å². The number of thiophene rings is 1. The molecule has 0 spiro atoms. The second kappa shape index (κ2) is 4.61. The fourth-order valence-corrected chi connectivity index (χ4v) is 2.61. The van der Waals surface area contributed by atoms with Crippen molar-refractivity contribution in [2.45, 2.75) is 27.7 Å². The second-order valence-electron chi connectivity index (χ2n) is 3.86. The zero-order chi connectivity index (χ0) is 9.26. The maximum Gasteiger partial charge on any atom is 0.0345 e. The lowest BCUT2D eigenvalue weighted by Gasteiger charge is -2.02. The van der Waals surface area contributed by atoms with Gasteiger partial charge in [0.1, 0.15) is 0 Å². The van der Waals surface area contributed by atoms with Gasteiger partial charge in [0, 0.05) is 4.70 Å². The van der Waals surface area contributed by atoms with Crippen molar-refractivity contribution >= 4 is 21.4 Å². The van der Waals surface area contributed by atoms with Gasteiger partial charge < -0.3 is 0 Å². The highest BCUT2D eigenvalue weighted by molar-refractivity contribution is 7.17. The average molecular weight is 206 g/mol. The first-order chi connectivity index (χ1) is 6.27. The van der Waals surface area contributed by atoms with E-state index in [4.69, 9.17) is 0 Å². The fourth-order valence-electron chi connectivity index (χ4n) is 1.63. The molecule has 2 aromatic rings. The fraction of sp³-hybridized carbons (Fsp3) is 0.385. The summed E-state index contributed by atoms with van der Waals surface area (Å²) >= 11 is 1.86. The molecule has 0 amide bonds. The molecule has 0 radical (unpaired) electrons. The van der Waals surface area contributed by atoms with Gasteiger partial charge in [0.2, 0.25) is 0 Å². The first-order valence-corrected chi connectivity index (χ1v) is 5.60. The Kier molecular flexibility index (Phi) is 3.70. The van der Waals surface area contributed by atoms with Crippen LogP contribution in [0.1, 0.15) is 26.8 Å². The molecule has 2 rings (SSSR count). The van der Waals surface area contributed by atoms with Gasteiger partial charge in [0.25, 0.3) is 0 Å². The van der Waals surface area contributed by atoms with Gasteiger partial charge in [-0.1, -0.05) is 39.5 Å². The van der Waals surface area contributed by atoms with Crippen LogP contribution in [0.5, 0.6) is 0 Å². The summed E-state index contributed by atoms with van der Waals surface area (Å²) in [6, 6.07) is 8.66. The molecule has 0 aliphatic carbocycles. The number of hydrogen-bond acceptors (Lipinski definition) is 1. The van der Waals surface area contributed by atoms with Gasteiger partial charge in [-0.25, -0.2) is 0 Å². The van der Waals surface area contributed by atoms with Crippen molar-refractivity contribution in [2.24, 2.45) is 5.92 Å². The van der Waals surface area contributed by atoms with Crippen LogP contribution in [0.2, 0.25) is 0 Å². The molecule has 1 heterocycles. The van der Waals surface area contributed by atoms with Crippen molar-refractivity contribution in [1.29, 1.82) is 0 Å². The van der Waals surface area contributed by atoms with E-state index in [2.05, 4.69) is 43.5 Å². The average Bonchev–Trinajstić information content (AvgIpc) is 2.48. The van der Waals surface area contributed by atoms with E-state index in [1.54, 1.807) is 0 Å². The van der Waals surface area contributed by atoms with E-state index in [1.165, 1.54) is 22.1 Å². The molecule has 0 nitrogen and oxygen atoms in total. The van der Waals surface area contributed by atoms with Gasteiger partial charge >= 0.3 is 0 Å². The third-order valence-electron chi connectivity index (χ3n) is 2.19. The summed E-state index contributed by atoms with van der Waals surface area (Å²) in [4.78, 5) is 0. The van der Waals surface area contributed by atoms with Crippen LogP contribution in [-0.2, 0) is 6.42 Å². The highest BCUT2D eigenvalue weighted by Gasteiger charge is 2.04. The molecule has 0 aliphatic rings. The van der Waals surface area contributed by atoms with Crippen LogP contribution >= 0.6 is 11.3 Å². The van der Waals surface area contributed by atoms with Crippen molar-refractivity contribution < 1.29 is 0 Å². The molecule has 0 saturated carbocycles. The minimum atomic E-state index is 0. The molecular formula is C13H18S. The molecule has 0 saturated heterocycles. The van der Waals surface area contributed by atoms with Crippen LogP contribution in [0.25, 0.3) is 10.1 Å². The first-order valence-electron chi connectivity index (χ1n) is 4.72. The van der Waals surface area contributed by atoms with Crippen LogP contribution in [0, 0.1) is 5.92 Å². The third-order valence-corrected chi connectivity index (χ3v) is 3.20. The molecule has 0 atom stereocenters. The van der Waals surface area contributed by atoms with E-state index in [9.17, 15) is 0 Å². The van der Waals surface area contributed by atoms with Gasteiger partial charge in [-0.05, 0) is 34.7 Å². The Labute approximate surface area is 90.6 Å². The maximum atomic E-state index is 2.30. The maximum absolute atomic E-state index is 2.30. The molecule has 14 heavy (non-hydrogen) atoms. The van der Waals surface area contributed by atoms with Gasteiger partial charge in [-0.3, -0.25) is 0 Å². The zero-order valence-corrected chi connectivity index (χ0v) is 8.90. The quantitative estimate of drug-likeness (QED) is 0.666. The van der Waals surface area contributed by atoms with Gasteiger partial charge in [-0.2, -0.15) is 0 Å². The van der Waals surface area contributed by atoms with Gasteiger partial charge in [-0.15, -0.1) is 11.3 Å².